The van der Waals surface area contributed by atoms with E-state index in [1.54, 1.807) is 19.6 Å². The monoisotopic (exact) mass is 375 g/mol. The Morgan fingerprint density at radius 3 is 2.96 bits per heavy atom. The van der Waals surface area contributed by atoms with Crippen LogP contribution >= 0.6 is 0 Å². The maximum atomic E-state index is 5.53. The van der Waals surface area contributed by atoms with Crippen molar-refractivity contribution >= 4 is 28.1 Å². The molecule has 5 rings (SSSR count). The molecule has 8 nitrogen and oxygen atoms in total. The average Bonchev–Trinajstić information content (AvgIpc) is 3.49. The summed E-state index contributed by atoms with van der Waals surface area (Å²) in [4.78, 5) is 8.67. The number of benzene rings is 1. The van der Waals surface area contributed by atoms with Crippen molar-refractivity contribution in [3.05, 3.63) is 54.7 Å². The van der Waals surface area contributed by atoms with Crippen LogP contribution in [0.15, 0.2) is 53.6 Å². The van der Waals surface area contributed by atoms with Crippen molar-refractivity contribution in [3.63, 3.8) is 0 Å². The second-order valence-electron chi connectivity index (χ2n) is 6.30. The van der Waals surface area contributed by atoms with Gasteiger partial charge in [0.15, 0.2) is 11.4 Å². The topological polar surface area (TPSA) is 98.1 Å². The highest BCUT2D eigenvalue weighted by Crippen LogP contribution is 2.36. The lowest BCUT2D eigenvalue weighted by Crippen LogP contribution is -1.99. The summed E-state index contributed by atoms with van der Waals surface area (Å²) in [6.45, 7) is 0.707. The third kappa shape index (κ3) is 2.75. The molecule has 0 unspecified atom stereocenters. The van der Waals surface area contributed by atoms with Gasteiger partial charge in [-0.15, -0.1) is 0 Å². The number of hydrogen-bond donors (Lipinski definition) is 2. The van der Waals surface area contributed by atoms with E-state index in [0.717, 1.165) is 28.6 Å². The summed E-state index contributed by atoms with van der Waals surface area (Å²) >= 11 is 0. The van der Waals surface area contributed by atoms with Crippen LogP contribution in [0.25, 0.3) is 28.1 Å². The number of methoxy groups -OCH3 is 1. The van der Waals surface area contributed by atoms with E-state index in [-0.39, 0.29) is 0 Å². The first-order valence-corrected chi connectivity index (χ1v) is 8.82. The zero-order valence-electron chi connectivity index (χ0n) is 15.1. The summed E-state index contributed by atoms with van der Waals surface area (Å²) in [6.07, 6.45) is 5.78. The van der Waals surface area contributed by atoms with Crippen LogP contribution in [0, 0.1) is 0 Å². The third-order valence-electron chi connectivity index (χ3n) is 4.66. The first kappa shape index (κ1) is 16.4. The molecule has 1 aliphatic rings. The lowest BCUT2D eigenvalue weighted by molar-refractivity contribution is 0.281. The van der Waals surface area contributed by atoms with Crippen LogP contribution in [-0.2, 0) is 4.74 Å². The Morgan fingerprint density at radius 1 is 1.21 bits per heavy atom. The van der Waals surface area contributed by atoms with Gasteiger partial charge in [0.2, 0.25) is 0 Å². The van der Waals surface area contributed by atoms with Gasteiger partial charge in [-0.2, -0.15) is 5.10 Å². The number of H-pyrrole nitrogens is 1. The second kappa shape index (κ2) is 6.73. The number of furan rings is 1. The molecule has 8 heteroatoms. The van der Waals surface area contributed by atoms with Gasteiger partial charge in [-0.05, 0) is 35.4 Å². The minimum absolute atomic E-state index is 0.547. The largest absolute Gasteiger partial charge is 0.501 e. The Kier molecular flexibility index (Phi) is 3.93. The van der Waals surface area contributed by atoms with Crippen LogP contribution in [0.5, 0.6) is 5.75 Å². The number of aromatic nitrogens is 4. The van der Waals surface area contributed by atoms with Gasteiger partial charge in [0.1, 0.15) is 23.6 Å². The molecule has 0 spiro atoms. The molecule has 0 amide bonds. The normalized spacial score (nSPS) is 13.4. The van der Waals surface area contributed by atoms with E-state index in [1.807, 2.05) is 30.3 Å². The van der Waals surface area contributed by atoms with Crippen molar-refractivity contribution < 1.29 is 13.9 Å². The smallest absolute Gasteiger partial charge is 0.186 e. The van der Waals surface area contributed by atoms with Gasteiger partial charge in [0, 0.05) is 6.42 Å². The fraction of sp³-hybridized carbons (Fsp3) is 0.150. The third-order valence-corrected chi connectivity index (χ3v) is 4.66. The van der Waals surface area contributed by atoms with Crippen LogP contribution in [0.2, 0.25) is 0 Å². The second-order valence-corrected chi connectivity index (χ2v) is 6.30. The van der Waals surface area contributed by atoms with Gasteiger partial charge in [-0.25, -0.2) is 9.97 Å². The van der Waals surface area contributed by atoms with Crippen molar-refractivity contribution in [1.29, 1.82) is 0 Å². The zero-order chi connectivity index (χ0) is 18.9. The van der Waals surface area contributed by atoms with Gasteiger partial charge in [-0.1, -0.05) is 6.07 Å². The molecule has 0 saturated carbocycles. The van der Waals surface area contributed by atoms with Gasteiger partial charge in [0.25, 0.3) is 0 Å². The van der Waals surface area contributed by atoms with Crippen LogP contribution in [0.3, 0.4) is 0 Å². The number of nitrogens with zero attached hydrogens (tertiary/aromatic N) is 3. The molecule has 0 bridgehead atoms. The molecule has 1 aliphatic heterocycles. The molecule has 28 heavy (non-hydrogen) atoms. The molecule has 140 valence electrons. The van der Waals surface area contributed by atoms with Gasteiger partial charge in [0.05, 0.1) is 37.3 Å². The SMILES string of the molecule is COc1ccc(C2=COCC2)cc1Nc1ncnc2n[nH]c(-c3ccco3)c12. The van der Waals surface area contributed by atoms with E-state index < -0.39 is 0 Å². The van der Waals surface area contributed by atoms with E-state index in [1.165, 1.54) is 6.33 Å². The van der Waals surface area contributed by atoms with Gasteiger partial charge >= 0.3 is 0 Å². The van der Waals surface area contributed by atoms with E-state index in [0.29, 0.717) is 35.3 Å². The van der Waals surface area contributed by atoms with E-state index in [9.17, 15) is 0 Å². The van der Waals surface area contributed by atoms with E-state index in [2.05, 4.69) is 25.5 Å². The number of nitrogens with one attached hydrogen (secondary N) is 2. The Hall–Kier alpha value is -3.81. The van der Waals surface area contributed by atoms with Crippen molar-refractivity contribution in [3.8, 4) is 17.2 Å². The van der Waals surface area contributed by atoms with Crippen molar-refractivity contribution in [2.24, 2.45) is 0 Å². The van der Waals surface area contributed by atoms with Gasteiger partial charge < -0.3 is 19.2 Å². The molecular weight excluding hydrogens is 358 g/mol. The minimum atomic E-state index is 0.547. The average molecular weight is 375 g/mol. The highest BCUT2D eigenvalue weighted by atomic mass is 16.5. The van der Waals surface area contributed by atoms with Crippen LogP contribution in [0.1, 0.15) is 12.0 Å². The molecular formula is C20H17N5O3. The number of fused-ring (bicyclic) bond motifs is 1. The summed E-state index contributed by atoms with van der Waals surface area (Å²) in [6, 6.07) is 9.66. The van der Waals surface area contributed by atoms with Crippen LogP contribution < -0.4 is 10.1 Å². The molecule has 0 radical (unpaired) electrons. The maximum Gasteiger partial charge on any atom is 0.186 e. The standard InChI is InChI=1S/C20H17N5O3/c1-26-15-5-4-12(13-6-8-27-10-13)9-14(15)23-19-17-18(16-3-2-7-28-16)24-25-20(17)22-11-21-19/h2-5,7,9-11H,6,8H2,1H3,(H2,21,22,23,24,25). The summed E-state index contributed by atoms with van der Waals surface area (Å²) in [7, 11) is 1.64. The van der Waals surface area contributed by atoms with Gasteiger partial charge in [-0.3, -0.25) is 5.10 Å². The summed E-state index contributed by atoms with van der Waals surface area (Å²) in [5.41, 5.74) is 4.28. The predicted octanol–water partition coefficient (Wildman–Crippen LogP) is 4.13. The molecule has 0 atom stereocenters. The highest BCUT2D eigenvalue weighted by Gasteiger charge is 2.18. The first-order valence-electron chi connectivity index (χ1n) is 8.82. The fourth-order valence-electron chi connectivity index (χ4n) is 3.28. The minimum Gasteiger partial charge on any atom is -0.501 e. The number of rotatable bonds is 5. The summed E-state index contributed by atoms with van der Waals surface area (Å²) in [5, 5.41) is 11.4. The van der Waals surface area contributed by atoms with E-state index >= 15 is 0 Å². The van der Waals surface area contributed by atoms with Crippen molar-refractivity contribution in [2.45, 2.75) is 6.42 Å². The Labute approximate surface area is 160 Å². The molecule has 3 aromatic heterocycles. The number of aromatic amines is 1. The molecule has 0 fully saturated rings. The molecule has 0 saturated heterocycles. The highest BCUT2D eigenvalue weighted by molar-refractivity contribution is 5.99. The van der Waals surface area contributed by atoms with Crippen molar-refractivity contribution in [1.82, 2.24) is 20.2 Å². The van der Waals surface area contributed by atoms with Crippen LogP contribution in [0.4, 0.5) is 11.5 Å². The summed E-state index contributed by atoms with van der Waals surface area (Å²) < 4.78 is 16.4. The summed E-state index contributed by atoms with van der Waals surface area (Å²) in [5.74, 6) is 1.98. The van der Waals surface area contributed by atoms with Crippen molar-refractivity contribution in [2.75, 3.05) is 19.0 Å². The maximum absolute atomic E-state index is 5.53. The molecule has 2 N–H and O–H groups in total. The predicted molar refractivity (Wildman–Crippen MR) is 104 cm³/mol. The Bertz CT molecular complexity index is 1160. The molecule has 4 heterocycles. The Morgan fingerprint density at radius 2 is 2.18 bits per heavy atom. The molecule has 0 aliphatic carbocycles. The fourth-order valence-corrected chi connectivity index (χ4v) is 3.28. The Balaban J connectivity index is 1.60. The zero-order valence-corrected chi connectivity index (χ0v) is 15.1. The lowest BCUT2D eigenvalue weighted by Gasteiger charge is -2.13. The molecule has 4 aromatic rings. The first-order chi connectivity index (χ1) is 13.8. The lowest BCUT2D eigenvalue weighted by atomic mass is 10.0. The quantitative estimate of drug-likeness (QED) is 0.541. The number of hydrogen-bond acceptors (Lipinski definition) is 7. The van der Waals surface area contributed by atoms with E-state index in [4.69, 9.17) is 13.9 Å². The number of anilines is 2. The molecule has 1 aromatic carbocycles. The van der Waals surface area contributed by atoms with Crippen LogP contribution in [-0.4, -0.2) is 33.9 Å². The number of ether oxygens (including phenoxy) is 2.